The minimum atomic E-state index is -0.775. The van der Waals surface area contributed by atoms with Crippen molar-refractivity contribution >= 4 is 46.6 Å². The van der Waals surface area contributed by atoms with Crippen molar-refractivity contribution in [2.75, 3.05) is 30.1 Å². The van der Waals surface area contributed by atoms with Crippen LogP contribution in [0.2, 0.25) is 5.02 Å². The first-order chi connectivity index (χ1) is 19.3. The van der Waals surface area contributed by atoms with E-state index >= 15 is 0 Å². The van der Waals surface area contributed by atoms with Crippen LogP contribution in [0.25, 0.3) is 0 Å². The number of ether oxygens (including phenoxy) is 2. The maximum absolute atomic E-state index is 13.5. The van der Waals surface area contributed by atoms with Crippen molar-refractivity contribution < 1.29 is 23.5 Å². The van der Waals surface area contributed by atoms with Crippen molar-refractivity contribution in [1.82, 2.24) is 5.32 Å². The molecule has 9 nitrogen and oxygen atoms in total. The average molecular weight is 579 g/mol. The van der Waals surface area contributed by atoms with Gasteiger partial charge in [0, 0.05) is 16.4 Å². The Hall–Kier alpha value is -4.33. The van der Waals surface area contributed by atoms with E-state index in [1.54, 1.807) is 61.5 Å². The first-order valence-corrected chi connectivity index (χ1v) is 13.7. The summed E-state index contributed by atoms with van der Waals surface area (Å²) in [6.45, 7) is 4.18. The Kier molecular flexibility index (Phi) is 9.43. The second-order valence-electron chi connectivity index (χ2n) is 8.56. The van der Waals surface area contributed by atoms with Gasteiger partial charge in [-0.15, -0.1) is 0 Å². The maximum atomic E-state index is 13.5. The molecule has 1 atom stereocenters. The van der Waals surface area contributed by atoms with E-state index < -0.39 is 11.8 Å². The number of nitriles is 1. The zero-order valence-corrected chi connectivity index (χ0v) is 23.6. The lowest BCUT2D eigenvalue weighted by Crippen LogP contribution is -2.31. The van der Waals surface area contributed by atoms with E-state index in [2.05, 4.69) is 22.0 Å². The number of thioether (sulfide) groups is 1. The third-order valence-electron chi connectivity index (χ3n) is 5.93. The van der Waals surface area contributed by atoms with Gasteiger partial charge in [-0.25, -0.2) is 0 Å². The molecule has 1 unspecified atom stereocenters. The predicted molar refractivity (Wildman–Crippen MR) is 155 cm³/mol. The summed E-state index contributed by atoms with van der Waals surface area (Å²) in [5.41, 5.74) is 2.13. The van der Waals surface area contributed by atoms with Gasteiger partial charge in [-0.1, -0.05) is 23.4 Å². The lowest BCUT2D eigenvalue weighted by atomic mass is 9.85. The number of benzene rings is 2. The molecule has 1 aromatic heterocycles. The Bertz CT molecular complexity index is 1490. The summed E-state index contributed by atoms with van der Waals surface area (Å²) in [5, 5.41) is 19.9. The monoisotopic (exact) mass is 578 g/mol. The fourth-order valence-electron chi connectivity index (χ4n) is 4.17. The second kappa shape index (κ2) is 13.2. The van der Waals surface area contributed by atoms with Crippen LogP contribution >= 0.6 is 23.4 Å². The molecule has 0 radical (unpaired) electrons. The molecule has 3 aromatic rings. The van der Waals surface area contributed by atoms with Gasteiger partial charge in [0.25, 0.3) is 5.91 Å². The highest BCUT2D eigenvalue weighted by Gasteiger charge is 2.36. The number of hydrogen-bond acceptors (Lipinski definition) is 8. The number of amides is 2. The highest BCUT2D eigenvalue weighted by molar-refractivity contribution is 8.03. The number of hydrogen-bond donors (Lipinski definition) is 3. The highest BCUT2D eigenvalue weighted by Crippen LogP contribution is 2.41. The number of nitrogens with zero attached hydrogens (tertiary/aromatic N) is 1. The number of rotatable bonds is 10. The Labute approximate surface area is 241 Å². The molecule has 0 fully saturated rings. The molecule has 0 spiro atoms. The smallest absolute Gasteiger partial charge is 0.254 e. The molecule has 0 saturated carbocycles. The van der Waals surface area contributed by atoms with Crippen LogP contribution in [-0.2, 0) is 9.59 Å². The molecule has 0 aliphatic carbocycles. The molecule has 2 aromatic carbocycles. The predicted octanol–water partition coefficient (Wildman–Crippen LogP) is 6.05. The summed E-state index contributed by atoms with van der Waals surface area (Å²) >= 11 is 7.21. The fraction of sp³-hybridized carbons (Fsp3) is 0.207. The molecule has 2 amide bonds. The van der Waals surface area contributed by atoms with Crippen molar-refractivity contribution in [3.63, 3.8) is 0 Å². The minimum absolute atomic E-state index is 0.0188. The molecule has 0 bridgehead atoms. The van der Waals surface area contributed by atoms with E-state index in [0.29, 0.717) is 56.6 Å². The van der Waals surface area contributed by atoms with Gasteiger partial charge in [0.1, 0.15) is 17.3 Å². The topological polar surface area (TPSA) is 126 Å². The standard InChI is InChI=1S/C29H27ClN4O5S/c1-4-38-20-10-8-19(9-11-20)33-28(36)26-17(2)32-29(21(15-31)27(26)24-6-5-13-39-24)40-16-25(35)34-22-14-18(30)7-12-23(22)37-3/h5-14,27,32H,4,16H2,1-3H3,(H,33,36)(H,34,35). The fourth-order valence-corrected chi connectivity index (χ4v) is 5.23. The number of methoxy groups -OCH3 is 1. The van der Waals surface area contributed by atoms with Crippen LogP contribution in [0, 0.1) is 11.3 Å². The number of allylic oxidation sites excluding steroid dienone is 2. The van der Waals surface area contributed by atoms with Crippen LogP contribution in [0.4, 0.5) is 11.4 Å². The molecule has 11 heteroatoms. The Morgan fingerprint density at radius 3 is 2.60 bits per heavy atom. The van der Waals surface area contributed by atoms with Gasteiger partial charge in [0.05, 0.1) is 59.6 Å². The number of anilines is 2. The third kappa shape index (κ3) is 6.62. The second-order valence-corrected chi connectivity index (χ2v) is 9.98. The van der Waals surface area contributed by atoms with E-state index in [4.69, 9.17) is 25.5 Å². The number of carbonyl (C=O) groups is 2. The van der Waals surface area contributed by atoms with Gasteiger partial charge in [0.15, 0.2) is 0 Å². The van der Waals surface area contributed by atoms with Crippen LogP contribution in [-0.4, -0.2) is 31.3 Å². The summed E-state index contributed by atoms with van der Waals surface area (Å²) < 4.78 is 16.4. The summed E-state index contributed by atoms with van der Waals surface area (Å²) in [7, 11) is 1.50. The number of furan rings is 1. The maximum Gasteiger partial charge on any atom is 0.254 e. The molecule has 0 saturated heterocycles. The summed E-state index contributed by atoms with van der Waals surface area (Å²) in [4.78, 5) is 26.3. The van der Waals surface area contributed by atoms with Gasteiger partial charge >= 0.3 is 0 Å². The van der Waals surface area contributed by atoms with Crippen molar-refractivity contribution in [2.45, 2.75) is 19.8 Å². The zero-order valence-electron chi connectivity index (χ0n) is 22.0. The van der Waals surface area contributed by atoms with Crippen LogP contribution in [0.5, 0.6) is 11.5 Å². The van der Waals surface area contributed by atoms with Crippen LogP contribution in [0.1, 0.15) is 25.5 Å². The largest absolute Gasteiger partial charge is 0.495 e. The highest BCUT2D eigenvalue weighted by atomic mass is 35.5. The molecular formula is C29H27ClN4O5S. The Balaban J connectivity index is 1.56. The first kappa shape index (κ1) is 28.7. The molecular weight excluding hydrogens is 552 g/mol. The van der Waals surface area contributed by atoms with E-state index in [-0.39, 0.29) is 17.2 Å². The van der Waals surface area contributed by atoms with Crippen LogP contribution < -0.4 is 25.4 Å². The molecule has 3 N–H and O–H groups in total. The van der Waals surface area contributed by atoms with Crippen molar-refractivity contribution in [3.05, 3.63) is 93.5 Å². The Morgan fingerprint density at radius 1 is 1.18 bits per heavy atom. The minimum Gasteiger partial charge on any atom is -0.495 e. The number of halogens is 1. The Morgan fingerprint density at radius 2 is 1.95 bits per heavy atom. The SMILES string of the molecule is CCOc1ccc(NC(=O)C2=C(C)NC(SCC(=O)Nc3cc(Cl)ccc3OC)=C(C#N)C2c2ccco2)cc1. The first-order valence-electron chi connectivity index (χ1n) is 12.3. The van der Waals surface area contributed by atoms with Gasteiger partial charge in [0.2, 0.25) is 5.91 Å². The van der Waals surface area contributed by atoms with Crippen molar-refractivity contribution in [1.29, 1.82) is 5.26 Å². The van der Waals surface area contributed by atoms with Gasteiger partial charge in [-0.05, 0) is 68.4 Å². The molecule has 1 aliphatic rings. The van der Waals surface area contributed by atoms with Gasteiger partial charge in [-0.3, -0.25) is 9.59 Å². The summed E-state index contributed by atoms with van der Waals surface area (Å²) in [6, 6.07) is 17.6. The lowest BCUT2D eigenvalue weighted by Gasteiger charge is -2.28. The van der Waals surface area contributed by atoms with E-state index in [1.165, 1.54) is 13.4 Å². The quantitative estimate of drug-likeness (QED) is 0.265. The lowest BCUT2D eigenvalue weighted by molar-refractivity contribution is -0.114. The van der Waals surface area contributed by atoms with E-state index in [9.17, 15) is 14.9 Å². The molecule has 206 valence electrons. The van der Waals surface area contributed by atoms with Gasteiger partial charge in [-0.2, -0.15) is 5.26 Å². The van der Waals surface area contributed by atoms with E-state index in [0.717, 1.165) is 11.8 Å². The van der Waals surface area contributed by atoms with Crippen LogP contribution in [0.3, 0.4) is 0 Å². The summed E-state index contributed by atoms with van der Waals surface area (Å²) in [6.07, 6.45) is 1.49. The molecule has 4 rings (SSSR count). The summed E-state index contributed by atoms with van der Waals surface area (Å²) in [5.74, 6) is 0.0800. The molecule has 1 aliphatic heterocycles. The van der Waals surface area contributed by atoms with Gasteiger partial charge < -0.3 is 29.8 Å². The average Bonchev–Trinajstić information content (AvgIpc) is 3.47. The molecule has 40 heavy (non-hydrogen) atoms. The number of nitrogens with one attached hydrogen (secondary N) is 3. The zero-order chi connectivity index (χ0) is 28.6. The normalized spacial score (nSPS) is 14.7. The molecule has 2 heterocycles. The number of dihydropyridines is 1. The van der Waals surface area contributed by atoms with Crippen molar-refractivity contribution in [3.8, 4) is 17.6 Å². The van der Waals surface area contributed by atoms with E-state index in [1.807, 2.05) is 6.92 Å². The van der Waals surface area contributed by atoms with Crippen molar-refractivity contribution in [2.24, 2.45) is 0 Å². The number of carbonyl (C=O) groups excluding carboxylic acids is 2. The van der Waals surface area contributed by atoms with Crippen LogP contribution in [0.15, 0.2) is 87.1 Å². The third-order valence-corrected chi connectivity index (χ3v) is 7.18.